The van der Waals surface area contributed by atoms with Crippen molar-refractivity contribution in [1.29, 1.82) is 10.5 Å². The molecule has 0 fully saturated rings. The summed E-state index contributed by atoms with van der Waals surface area (Å²) >= 11 is 0. The molecule has 5 rings (SSSR count). The van der Waals surface area contributed by atoms with E-state index in [2.05, 4.69) is 0 Å². The van der Waals surface area contributed by atoms with Crippen LogP contribution in [0.15, 0.2) is 75.9 Å². The number of nitriles is 2. The summed E-state index contributed by atoms with van der Waals surface area (Å²) in [6.45, 7) is 0. The fourth-order valence-corrected chi connectivity index (χ4v) is 6.01. The third kappa shape index (κ3) is 3.43. The van der Waals surface area contributed by atoms with Gasteiger partial charge in [-0.1, -0.05) is 12.1 Å². The first-order valence-electron chi connectivity index (χ1n) is 12.5. The minimum Gasteiger partial charge on any atom is -0.497 e. The predicted molar refractivity (Wildman–Crippen MR) is 142 cm³/mol. The monoisotopic (exact) mass is 538 g/mol. The van der Waals surface area contributed by atoms with Gasteiger partial charge >= 0.3 is 11.9 Å². The van der Waals surface area contributed by atoms with E-state index in [9.17, 15) is 20.1 Å². The van der Waals surface area contributed by atoms with Crippen molar-refractivity contribution in [2.75, 3.05) is 28.4 Å². The molecule has 2 aromatic rings. The van der Waals surface area contributed by atoms with Crippen molar-refractivity contribution in [3.63, 3.8) is 0 Å². The average Bonchev–Trinajstić information content (AvgIpc) is 3.60. The van der Waals surface area contributed by atoms with Gasteiger partial charge in [-0.2, -0.15) is 15.6 Å². The van der Waals surface area contributed by atoms with Crippen molar-refractivity contribution in [2.24, 2.45) is 5.10 Å². The third-order valence-corrected chi connectivity index (χ3v) is 7.72. The van der Waals surface area contributed by atoms with Crippen LogP contribution in [-0.2, 0) is 24.6 Å². The van der Waals surface area contributed by atoms with Gasteiger partial charge in [-0.3, -0.25) is 0 Å². The van der Waals surface area contributed by atoms with E-state index in [1.165, 1.54) is 19.2 Å². The highest BCUT2D eigenvalue weighted by Crippen LogP contribution is 2.60. The normalized spacial score (nSPS) is 20.6. The van der Waals surface area contributed by atoms with Crippen LogP contribution in [-0.4, -0.2) is 56.6 Å². The number of allylic oxidation sites excluding steroid dienone is 1. The molecule has 2 aliphatic heterocycles. The summed E-state index contributed by atoms with van der Waals surface area (Å²) in [5, 5.41) is 27.5. The van der Waals surface area contributed by atoms with Gasteiger partial charge in [0.15, 0.2) is 0 Å². The zero-order valence-electron chi connectivity index (χ0n) is 22.5. The van der Waals surface area contributed by atoms with Crippen LogP contribution in [0.2, 0.25) is 0 Å². The van der Waals surface area contributed by atoms with Crippen molar-refractivity contribution in [1.82, 2.24) is 5.01 Å². The SMILES string of the molecule is COC(=O)C1=C(C(=O)OC)C2(c3ccc(OC)cc3)C3=C(CCC3)C(c3ccc(OC)cc3)=NN2C1(C#N)C#N. The predicted octanol–water partition coefficient (Wildman–Crippen LogP) is 3.54. The largest absolute Gasteiger partial charge is 0.497 e. The molecular weight excluding hydrogens is 512 g/mol. The molecule has 1 atom stereocenters. The Morgan fingerprint density at radius 3 is 1.90 bits per heavy atom. The number of carbonyl (C=O) groups is 2. The smallest absolute Gasteiger partial charge is 0.339 e. The van der Waals surface area contributed by atoms with Crippen LogP contribution in [0.25, 0.3) is 0 Å². The maximum Gasteiger partial charge on any atom is 0.339 e. The molecule has 0 spiro atoms. The summed E-state index contributed by atoms with van der Waals surface area (Å²) in [6.07, 6.45) is 1.90. The van der Waals surface area contributed by atoms with Crippen molar-refractivity contribution in [3.8, 4) is 23.6 Å². The van der Waals surface area contributed by atoms with Crippen molar-refractivity contribution < 1.29 is 28.5 Å². The number of hydrogen-bond donors (Lipinski definition) is 0. The van der Waals surface area contributed by atoms with Crippen molar-refractivity contribution in [2.45, 2.75) is 30.3 Å². The molecule has 1 unspecified atom stereocenters. The van der Waals surface area contributed by atoms with Crippen LogP contribution in [0.4, 0.5) is 0 Å². The van der Waals surface area contributed by atoms with Crippen LogP contribution < -0.4 is 9.47 Å². The molecule has 10 heteroatoms. The summed E-state index contributed by atoms with van der Waals surface area (Å²) in [7, 11) is 5.42. The number of hydrogen-bond acceptors (Lipinski definition) is 10. The molecule has 0 saturated heterocycles. The molecular formula is C30H26N4O6. The van der Waals surface area contributed by atoms with Crippen molar-refractivity contribution in [3.05, 3.63) is 82.0 Å². The topological polar surface area (TPSA) is 134 Å². The second-order valence-electron chi connectivity index (χ2n) is 9.41. The average molecular weight is 539 g/mol. The number of fused-ring (bicyclic) bond motifs is 2. The van der Waals surface area contributed by atoms with Crippen LogP contribution in [0.5, 0.6) is 11.5 Å². The molecule has 2 aromatic carbocycles. The molecule has 1 aliphatic carbocycles. The molecule has 10 nitrogen and oxygen atoms in total. The van der Waals surface area contributed by atoms with Gasteiger partial charge in [-0.25, -0.2) is 14.6 Å². The van der Waals surface area contributed by atoms with Gasteiger partial charge in [-0.05, 0) is 72.4 Å². The standard InChI is InChI=1S/C30H26N4O6/c1-37-20-12-8-18(9-13-20)26-22-6-5-7-23(22)30(19-10-14-21(38-2)15-11-19)25(28(36)40-4)24(27(35)39-3)29(16-31,17-32)34(30)33-26/h8-15H,5-7H2,1-4H3. The van der Waals surface area contributed by atoms with Crippen LogP contribution in [0, 0.1) is 22.7 Å². The van der Waals surface area contributed by atoms with Gasteiger partial charge < -0.3 is 18.9 Å². The van der Waals surface area contributed by atoms with E-state index in [1.807, 2.05) is 24.3 Å². The lowest BCUT2D eigenvalue weighted by Gasteiger charge is -2.46. The van der Waals surface area contributed by atoms with E-state index < -0.39 is 28.6 Å². The van der Waals surface area contributed by atoms with Crippen LogP contribution >= 0.6 is 0 Å². The Labute approximate surface area is 231 Å². The Kier molecular flexibility index (Phi) is 6.56. The number of methoxy groups -OCH3 is 4. The number of carbonyl (C=O) groups excluding carboxylic acids is 2. The summed E-state index contributed by atoms with van der Waals surface area (Å²) < 4.78 is 20.9. The number of esters is 2. The van der Waals surface area contributed by atoms with Crippen LogP contribution in [0.3, 0.4) is 0 Å². The Morgan fingerprint density at radius 1 is 0.825 bits per heavy atom. The van der Waals surface area contributed by atoms with E-state index in [0.29, 0.717) is 35.6 Å². The molecule has 2 heterocycles. The lowest BCUT2D eigenvalue weighted by atomic mass is 9.73. The molecule has 40 heavy (non-hydrogen) atoms. The molecule has 0 bridgehead atoms. The molecule has 0 radical (unpaired) electrons. The Morgan fingerprint density at radius 2 is 1.38 bits per heavy atom. The second kappa shape index (κ2) is 9.90. The fourth-order valence-electron chi connectivity index (χ4n) is 6.01. The lowest BCUT2D eigenvalue weighted by Crippen LogP contribution is -2.55. The van der Waals surface area contributed by atoms with Gasteiger partial charge in [0, 0.05) is 5.56 Å². The van der Waals surface area contributed by atoms with E-state index in [1.54, 1.807) is 43.5 Å². The van der Waals surface area contributed by atoms with Gasteiger partial charge in [0.2, 0.25) is 0 Å². The summed E-state index contributed by atoms with van der Waals surface area (Å²) in [5.41, 5.74) is -1.05. The number of benzene rings is 2. The quantitative estimate of drug-likeness (QED) is 0.506. The van der Waals surface area contributed by atoms with Crippen LogP contribution in [0.1, 0.15) is 30.4 Å². The Balaban J connectivity index is 1.94. The maximum atomic E-state index is 13.7. The fraction of sp³-hybridized carbons (Fsp3) is 0.300. The highest BCUT2D eigenvalue weighted by molar-refractivity contribution is 6.16. The summed E-state index contributed by atoms with van der Waals surface area (Å²) in [6, 6.07) is 18.2. The molecule has 0 saturated carbocycles. The van der Waals surface area contributed by atoms with Gasteiger partial charge in [0.25, 0.3) is 5.54 Å². The number of ether oxygens (including phenoxy) is 4. The van der Waals surface area contributed by atoms with E-state index in [0.717, 1.165) is 30.2 Å². The van der Waals surface area contributed by atoms with Crippen molar-refractivity contribution >= 4 is 17.7 Å². The minimum absolute atomic E-state index is 0.165. The van der Waals surface area contributed by atoms with E-state index >= 15 is 0 Å². The zero-order valence-corrected chi connectivity index (χ0v) is 22.5. The number of hydrazone groups is 1. The van der Waals surface area contributed by atoms with E-state index in [4.69, 9.17) is 24.0 Å². The molecule has 3 aliphatic rings. The molecule has 0 N–H and O–H groups in total. The van der Waals surface area contributed by atoms with Gasteiger partial charge in [0.05, 0.1) is 39.7 Å². The summed E-state index contributed by atoms with van der Waals surface area (Å²) in [4.78, 5) is 27.1. The third-order valence-electron chi connectivity index (χ3n) is 7.72. The first-order valence-corrected chi connectivity index (χ1v) is 12.5. The molecule has 202 valence electrons. The number of nitrogens with zero attached hydrogens (tertiary/aromatic N) is 4. The van der Waals surface area contributed by atoms with Gasteiger partial charge in [0.1, 0.15) is 34.7 Å². The minimum atomic E-state index is -2.31. The molecule has 0 aromatic heterocycles. The summed E-state index contributed by atoms with van der Waals surface area (Å²) in [5.74, 6) is -0.643. The van der Waals surface area contributed by atoms with Gasteiger partial charge in [-0.15, -0.1) is 0 Å². The maximum absolute atomic E-state index is 13.7. The Bertz CT molecular complexity index is 1560. The highest BCUT2D eigenvalue weighted by Gasteiger charge is 2.69. The highest BCUT2D eigenvalue weighted by atomic mass is 16.5. The number of rotatable bonds is 6. The second-order valence-corrected chi connectivity index (χ2v) is 9.41. The Hall–Kier alpha value is -5.09. The zero-order chi connectivity index (χ0) is 28.7. The molecule has 0 amide bonds. The van der Waals surface area contributed by atoms with E-state index in [-0.39, 0.29) is 5.57 Å². The first kappa shape index (κ1) is 26.5. The first-order chi connectivity index (χ1) is 19.4. The lowest BCUT2D eigenvalue weighted by molar-refractivity contribution is -0.139.